The van der Waals surface area contributed by atoms with Gasteiger partial charge in [0.2, 0.25) is 5.91 Å². The van der Waals surface area contributed by atoms with E-state index >= 15 is 0 Å². The predicted octanol–water partition coefficient (Wildman–Crippen LogP) is 4.31. The number of amides is 1. The first-order chi connectivity index (χ1) is 12.4. The number of nitrogens with one attached hydrogen (secondary N) is 2. The van der Waals surface area contributed by atoms with E-state index < -0.39 is 0 Å². The van der Waals surface area contributed by atoms with Crippen LogP contribution in [0.2, 0.25) is 0 Å². The highest BCUT2D eigenvalue weighted by Gasteiger charge is 2.23. The van der Waals surface area contributed by atoms with Crippen LogP contribution in [0.1, 0.15) is 36.9 Å². The van der Waals surface area contributed by atoms with Crippen molar-refractivity contribution in [3.63, 3.8) is 0 Å². The number of benzene rings is 2. The Kier molecular flexibility index (Phi) is 5.52. The molecule has 1 aliphatic heterocycles. The number of halogens is 1. The standard InChI is InChI=1S/C20H22FN3OS/c1-13-5-10-17(12-18(13)24-11-3-4-19(24)25)23-20(26)22-14(2)15-6-8-16(21)9-7-15/h5-10,12,14H,3-4,11H2,1-2H3,(H2,22,23,26)/t14-/m0/s1. The van der Waals surface area contributed by atoms with E-state index in [0.29, 0.717) is 11.5 Å². The SMILES string of the molecule is Cc1ccc(NC(=S)N[C@@H](C)c2ccc(F)cc2)cc1N1CCCC1=O. The minimum Gasteiger partial charge on any atom is -0.356 e. The number of anilines is 2. The normalized spacial score (nSPS) is 15.0. The van der Waals surface area contributed by atoms with Gasteiger partial charge in [-0.2, -0.15) is 0 Å². The van der Waals surface area contributed by atoms with Gasteiger partial charge in [-0.1, -0.05) is 18.2 Å². The van der Waals surface area contributed by atoms with Crippen molar-refractivity contribution in [3.05, 3.63) is 59.4 Å². The average molecular weight is 371 g/mol. The number of hydrogen-bond donors (Lipinski definition) is 2. The molecule has 1 saturated heterocycles. The van der Waals surface area contributed by atoms with E-state index in [1.54, 1.807) is 12.1 Å². The second-order valence-electron chi connectivity index (χ2n) is 6.52. The largest absolute Gasteiger partial charge is 0.356 e. The lowest BCUT2D eigenvalue weighted by Gasteiger charge is -2.21. The Bertz CT molecular complexity index is 822. The molecule has 0 aromatic heterocycles. The number of thiocarbonyl (C=S) groups is 1. The molecule has 26 heavy (non-hydrogen) atoms. The van der Waals surface area contributed by atoms with Crippen molar-refractivity contribution in [2.75, 3.05) is 16.8 Å². The van der Waals surface area contributed by atoms with Crippen LogP contribution >= 0.6 is 12.2 Å². The molecule has 3 rings (SSSR count). The third-order valence-corrected chi connectivity index (χ3v) is 4.77. The van der Waals surface area contributed by atoms with Gasteiger partial charge in [-0.25, -0.2) is 4.39 Å². The van der Waals surface area contributed by atoms with Crippen LogP contribution in [-0.2, 0) is 4.79 Å². The molecule has 0 saturated carbocycles. The van der Waals surface area contributed by atoms with Gasteiger partial charge in [-0.15, -0.1) is 0 Å². The average Bonchev–Trinajstić information content (AvgIpc) is 3.03. The molecule has 1 aliphatic rings. The molecule has 0 radical (unpaired) electrons. The Morgan fingerprint density at radius 1 is 1.23 bits per heavy atom. The molecule has 2 aromatic carbocycles. The summed E-state index contributed by atoms with van der Waals surface area (Å²) in [6.45, 7) is 4.72. The quantitative estimate of drug-likeness (QED) is 0.786. The molecule has 2 N–H and O–H groups in total. The van der Waals surface area contributed by atoms with Crippen molar-refractivity contribution in [2.45, 2.75) is 32.7 Å². The molecule has 0 bridgehead atoms. The van der Waals surface area contributed by atoms with Gasteiger partial charge >= 0.3 is 0 Å². The van der Waals surface area contributed by atoms with Crippen LogP contribution in [0.3, 0.4) is 0 Å². The van der Waals surface area contributed by atoms with E-state index in [9.17, 15) is 9.18 Å². The molecular formula is C20H22FN3OS. The van der Waals surface area contributed by atoms with E-state index in [-0.39, 0.29) is 17.8 Å². The van der Waals surface area contributed by atoms with Gasteiger partial charge in [0, 0.05) is 24.3 Å². The van der Waals surface area contributed by atoms with Gasteiger partial charge in [0.15, 0.2) is 5.11 Å². The van der Waals surface area contributed by atoms with Crippen molar-refractivity contribution < 1.29 is 9.18 Å². The number of hydrogen-bond acceptors (Lipinski definition) is 2. The zero-order chi connectivity index (χ0) is 18.7. The minimum absolute atomic E-state index is 0.0549. The lowest BCUT2D eigenvalue weighted by atomic mass is 10.1. The highest BCUT2D eigenvalue weighted by Crippen LogP contribution is 2.28. The van der Waals surface area contributed by atoms with Crippen molar-refractivity contribution in [2.24, 2.45) is 0 Å². The summed E-state index contributed by atoms with van der Waals surface area (Å²) in [5.41, 5.74) is 3.76. The number of aryl methyl sites for hydroxylation is 1. The summed E-state index contributed by atoms with van der Waals surface area (Å²) >= 11 is 5.40. The number of carbonyl (C=O) groups is 1. The van der Waals surface area contributed by atoms with Gasteiger partial charge in [0.05, 0.1) is 6.04 Å². The minimum atomic E-state index is -0.259. The van der Waals surface area contributed by atoms with Crippen LogP contribution in [0.25, 0.3) is 0 Å². The van der Waals surface area contributed by atoms with Gasteiger partial charge in [0.25, 0.3) is 0 Å². The fourth-order valence-electron chi connectivity index (χ4n) is 3.08. The van der Waals surface area contributed by atoms with Crippen LogP contribution in [0, 0.1) is 12.7 Å². The third kappa shape index (κ3) is 4.19. The van der Waals surface area contributed by atoms with Gasteiger partial charge < -0.3 is 15.5 Å². The molecule has 4 nitrogen and oxygen atoms in total. The van der Waals surface area contributed by atoms with Gasteiger partial charge in [0.1, 0.15) is 5.82 Å². The van der Waals surface area contributed by atoms with Crippen LogP contribution in [-0.4, -0.2) is 17.6 Å². The topological polar surface area (TPSA) is 44.4 Å². The molecule has 1 atom stereocenters. The Balaban J connectivity index is 1.67. The second-order valence-corrected chi connectivity index (χ2v) is 6.93. The Hall–Kier alpha value is -2.47. The van der Waals surface area contributed by atoms with Crippen LogP contribution < -0.4 is 15.5 Å². The fraction of sp³-hybridized carbons (Fsp3) is 0.300. The number of nitrogens with zero attached hydrogens (tertiary/aromatic N) is 1. The molecule has 1 fully saturated rings. The molecule has 1 amide bonds. The first kappa shape index (κ1) is 18.3. The molecule has 1 heterocycles. The maximum Gasteiger partial charge on any atom is 0.227 e. The van der Waals surface area contributed by atoms with E-state index in [4.69, 9.17) is 12.2 Å². The highest BCUT2D eigenvalue weighted by atomic mass is 32.1. The second kappa shape index (κ2) is 7.83. The zero-order valence-electron chi connectivity index (χ0n) is 14.9. The van der Waals surface area contributed by atoms with Crippen LogP contribution in [0.5, 0.6) is 0 Å². The maximum absolute atomic E-state index is 13.0. The van der Waals surface area contributed by atoms with Crippen molar-refractivity contribution in [1.29, 1.82) is 0 Å². The molecule has 0 aliphatic carbocycles. The number of rotatable bonds is 4. The molecule has 0 spiro atoms. The molecular weight excluding hydrogens is 349 g/mol. The number of carbonyl (C=O) groups excluding carboxylic acids is 1. The van der Waals surface area contributed by atoms with Crippen LogP contribution in [0.15, 0.2) is 42.5 Å². The van der Waals surface area contributed by atoms with Crippen molar-refractivity contribution in [3.8, 4) is 0 Å². The summed E-state index contributed by atoms with van der Waals surface area (Å²) in [5, 5.41) is 6.84. The Morgan fingerprint density at radius 3 is 2.62 bits per heavy atom. The van der Waals surface area contributed by atoms with Crippen molar-refractivity contribution in [1.82, 2.24) is 5.32 Å². The lowest BCUT2D eigenvalue weighted by Crippen LogP contribution is -2.31. The predicted molar refractivity (Wildman–Crippen MR) is 107 cm³/mol. The van der Waals surface area contributed by atoms with Gasteiger partial charge in [-0.3, -0.25) is 4.79 Å². The fourth-order valence-corrected chi connectivity index (χ4v) is 3.37. The summed E-state index contributed by atoms with van der Waals surface area (Å²) < 4.78 is 13.0. The van der Waals surface area contributed by atoms with Crippen molar-refractivity contribution >= 4 is 34.6 Å². The first-order valence-electron chi connectivity index (χ1n) is 8.68. The summed E-state index contributed by atoms with van der Waals surface area (Å²) in [6, 6.07) is 12.2. The summed E-state index contributed by atoms with van der Waals surface area (Å²) in [7, 11) is 0. The van der Waals surface area contributed by atoms with E-state index in [1.807, 2.05) is 36.9 Å². The van der Waals surface area contributed by atoms with E-state index in [0.717, 1.165) is 35.5 Å². The molecule has 136 valence electrons. The van der Waals surface area contributed by atoms with E-state index in [2.05, 4.69) is 10.6 Å². The zero-order valence-corrected chi connectivity index (χ0v) is 15.7. The smallest absolute Gasteiger partial charge is 0.227 e. The lowest BCUT2D eigenvalue weighted by molar-refractivity contribution is -0.117. The first-order valence-corrected chi connectivity index (χ1v) is 9.09. The monoisotopic (exact) mass is 371 g/mol. The highest BCUT2D eigenvalue weighted by molar-refractivity contribution is 7.80. The summed E-state index contributed by atoms with van der Waals surface area (Å²) in [4.78, 5) is 13.9. The summed E-state index contributed by atoms with van der Waals surface area (Å²) in [5.74, 6) is -0.0961. The Labute approximate surface area is 158 Å². The molecule has 2 aromatic rings. The van der Waals surface area contributed by atoms with Gasteiger partial charge in [-0.05, 0) is 67.9 Å². The van der Waals surface area contributed by atoms with Crippen LogP contribution in [0.4, 0.5) is 15.8 Å². The molecule has 6 heteroatoms. The summed E-state index contributed by atoms with van der Waals surface area (Å²) in [6.07, 6.45) is 1.50. The molecule has 0 unspecified atom stereocenters. The van der Waals surface area contributed by atoms with E-state index in [1.165, 1.54) is 12.1 Å². The maximum atomic E-state index is 13.0. The Morgan fingerprint density at radius 2 is 1.96 bits per heavy atom. The third-order valence-electron chi connectivity index (χ3n) is 4.55.